The second-order valence-electron chi connectivity index (χ2n) is 24.9. The standard InChI is InChI=1S/C67H134NO8P/c1-6-8-10-12-14-16-18-20-22-24-26-27-28-29-30-31-32-33-34-35-36-37-38-39-40-41-42-44-46-48-50-52-54-56-58-60-67(70)76-65(64-75-77(71,72)74-62-61-68(3,4)5)63-73-66(69)59-57-55-53-51-49-47-45-43-25-23-21-19-17-15-13-11-9-7-2/h65H,6-64H2,1-5H3/p+1. The van der Waals surface area contributed by atoms with Crippen molar-refractivity contribution in [2.75, 3.05) is 47.5 Å². The molecule has 10 heteroatoms. The molecule has 0 fully saturated rings. The Bertz CT molecular complexity index is 1260. The number of quaternary nitrogens is 1. The lowest BCUT2D eigenvalue weighted by molar-refractivity contribution is -0.870. The Morgan fingerprint density at radius 1 is 0.351 bits per heavy atom. The predicted molar refractivity (Wildman–Crippen MR) is 331 cm³/mol. The molecule has 0 spiro atoms. The first-order valence-electron chi connectivity index (χ1n) is 34.3. The lowest BCUT2D eigenvalue weighted by atomic mass is 10.0. The van der Waals surface area contributed by atoms with Crippen LogP contribution in [0.2, 0.25) is 0 Å². The van der Waals surface area contributed by atoms with Crippen LogP contribution < -0.4 is 0 Å². The fraction of sp³-hybridized carbons (Fsp3) is 0.970. The van der Waals surface area contributed by atoms with E-state index in [0.29, 0.717) is 17.4 Å². The normalized spacial score (nSPS) is 13.1. The zero-order chi connectivity index (χ0) is 56.3. The molecule has 0 bridgehead atoms. The first-order valence-corrected chi connectivity index (χ1v) is 35.8. The number of phosphoric ester groups is 1. The summed E-state index contributed by atoms with van der Waals surface area (Å²) in [6.07, 6.45) is 70.8. The number of likely N-dealkylation sites (N-methyl/N-ethyl adjacent to an activating group) is 1. The maximum absolute atomic E-state index is 12.9. The van der Waals surface area contributed by atoms with Crippen LogP contribution >= 0.6 is 7.82 Å². The number of carbonyl (C=O) groups is 2. The summed E-state index contributed by atoms with van der Waals surface area (Å²) in [5.41, 5.74) is 0. The molecule has 2 unspecified atom stereocenters. The van der Waals surface area contributed by atoms with Crippen LogP contribution in [0, 0.1) is 0 Å². The summed E-state index contributed by atoms with van der Waals surface area (Å²) >= 11 is 0. The topological polar surface area (TPSA) is 108 Å². The van der Waals surface area contributed by atoms with Crippen LogP contribution in [0.15, 0.2) is 0 Å². The van der Waals surface area contributed by atoms with Gasteiger partial charge in [-0.2, -0.15) is 0 Å². The molecule has 0 radical (unpaired) electrons. The zero-order valence-electron chi connectivity index (χ0n) is 52.5. The van der Waals surface area contributed by atoms with Crippen molar-refractivity contribution in [2.45, 2.75) is 373 Å². The third-order valence-electron chi connectivity index (χ3n) is 15.9. The van der Waals surface area contributed by atoms with Crippen molar-refractivity contribution in [3.8, 4) is 0 Å². The lowest BCUT2D eigenvalue weighted by Gasteiger charge is -2.24. The number of hydrogen-bond acceptors (Lipinski definition) is 7. The van der Waals surface area contributed by atoms with E-state index in [1.807, 2.05) is 21.1 Å². The largest absolute Gasteiger partial charge is 0.472 e. The van der Waals surface area contributed by atoms with Crippen LogP contribution in [-0.2, 0) is 32.7 Å². The van der Waals surface area contributed by atoms with Gasteiger partial charge >= 0.3 is 19.8 Å². The molecular weight excluding hydrogens is 978 g/mol. The van der Waals surface area contributed by atoms with Crippen LogP contribution in [0.3, 0.4) is 0 Å². The Morgan fingerprint density at radius 2 is 0.584 bits per heavy atom. The van der Waals surface area contributed by atoms with Crippen molar-refractivity contribution >= 4 is 19.8 Å². The number of esters is 2. The maximum atomic E-state index is 12.9. The average Bonchev–Trinajstić information content (AvgIpc) is 3.39. The summed E-state index contributed by atoms with van der Waals surface area (Å²) in [5, 5.41) is 0. The Kier molecular flexibility index (Phi) is 58.9. The Labute approximate surface area is 480 Å². The van der Waals surface area contributed by atoms with Gasteiger partial charge in [-0.25, -0.2) is 4.57 Å². The molecule has 9 nitrogen and oxygen atoms in total. The van der Waals surface area contributed by atoms with Gasteiger partial charge in [-0.1, -0.05) is 341 Å². The number of rotatable bonds is 65. The smallest absolute Gasteiger partial charge is 0.462 e. The first kappa shape index (κ1) is 76.0. The van der Waals surface area contributed by atoms with Crippen LogP contribution in [0.25, 0.3) is 0 Å². The minimum Gasteiger partial charge on any atom is -0.462 e. The SMILES string of the molecule is CCCCCCCCCCCCCCCCCCCCCCCCCCCCCCCCCCCCCC(=O)OC(COC(=O)CCCCCCCCCCCCCCCCCCCC)COP(=O)(O)OCC[N+](C)(C)C. The summed E-state index contributed by atoms with van der Waals surface area (Å²) in [4.78, 5) is 35.8. The predicted octanol–water partition coefficient (Wildman–Crippen LogP) is 21.8. The number of hydrogen-bond donors (Lipinski definition) is 1. The summed E-state index contributed by atoms with van der Waals surface area (Å²) in [6.45, 7) is 4.52. The molecular formula is C67H135NO8P+. The second-order valence-corrected chi connectivity index (χ2v) is 26.4. The molecule has 0 aliphatic carbocycles. The van der Waals surface area contributed by atoms with E-state index in [1.54, 1.807) is 0 Å². The average molecular weight is 1110 g/mol. The number of nitrogens with zero attached hydrogens (tertiary/aromatic N) is 1. The Morgan fingerprint density at radius 3 is 0.831 bits per heavy atom. The molecule has 460 valence electrons. The highest BCUT2D eigenvalue weighted by molar-refractivity contribution is 7.47. The van der Waals surface area contributed by atoms with Crippen molar-refractivity contribution in [1.29, 1.82) is 0 Å². The molecule has 0 saturated heterocycles. The molecule has 1 N–H and O–H groups in total. The van der Waals surface area contributed by atoms with Gasteiger partial charge in [0, 0.05) is 12.8 Å². The van der Waals surface area contributed by atoms with Gasteiger partial charge in [0.2, 0.25) is 0 Å². The third-order valence-corrected chi connectivity index (χ3v) is 16.9. The van der Waals surface area contributed by atoms with E-state index in [2.05, 4.69) is 13.8 Å². The first-order chi connectivity index (χ1) is 37.5. The number of phosphoric acid groups is 1. The van der Waals surface area contributed by atoms with Crippen LogP contribution in [0.5, 0.6) is 0 Å². The van der Waals surface area contributed by atoms with E-state index in [1.165, 1.54) is 302 Å². The Balaban J connectivity index is 3.91. The van der Waals surface area contributed by atoms with E-state index < -0.39 is 26.5 Å². The van der Waals surface area contributed by atoms with Crippen molar-refractivity contribution in [2.24, 2.45) is 0 Å². The highest BCUT2D eigenvalue weighted by Gasteiger charge is 2.27. The molecule has 0 aromatic rings. The summed E-state index contributed by atoms with van der Waals surface area (Å²) in [6, 6.07) is 0. The van der Waals surface area contributed by atoms with Gasteiger partial charge in [0.1, 0.15) is 19.8 Å². The fourth-order valence-electron chi connectivity index (χ4n) is 10.6. The van der Waals surface area contributed by atoms with Crippen LogP contribution in [-0.4, -0.2) is 74.9 Å². The zero-order valence-corrected chi connectivity index (χ0v) is 53.4. The van der Waals surface area contributed by atoms with E-state index in [0.717, 1.165) is 38.5 Å². The number of carbonyl (C=O) groups excluding carboxylic acids is 2. The van der Waals surface area contributed by atoms with E-state index >= 15 is 0 Å². The van der Waals surface area contributed by atoms with Gasteiger partial charge < -0.3 is 18.9 Å². The summed E-state index contributed by atoms with van der Waals surface area (Å²) in [5.74, 6) is -0.770. The molecule has 0 heterocycles. The van der Waals surface area contributed by atoms with Gasteiger partial charge in [-0.05, 0) is 12.8 Å². The monoisotopic (exact) mass is 1110 g/mol. The van der Waals surface area contributed by atoms with Crippen molar-refractivity contribution in [3.63, 3.8) is 0 Å². The van der Waals surface area contributed by atoms with Gasteiger partial charge in [0.15, 0.2) is 6.10 Å². The second kappa shape index (κ2) is 59.6. The lowest BCUT2D eigenvalue weighted by Crippen LogP contribution is -2.37. The molecule has 0 aliphatic heterocycles. The molecule has 0 aliphatic rings. The van der Waals surface area contributed by atoms with Gasteiger partial charge in [0.25, 0.3) is 0 Å². The van der Waals surface area contributed by atoms with Gasteiger partial charge in [-0.3, -0.25) is 18.6 Å². The van der Waals surface area contributed by atoms with Crippen molar-refractivity contribution in [3.05, 3.63) is 0 Å². The molecule has 0 amide bonds. The number of ether oxygens (including phenoxy) is 2. The molecule has 0 rings (SSSR count). The van der Waals surface area contributed by atoms with E-state index in [9.17, 15) is 19.0 Å². The molecule has 77 heavy (non-hydrogen) atoms. The highest BCUT2D eigenvalue weighted by atomic mass is 31.2. The fourth-order valence-corrected chi connectivity index (χ4v) is 11.4. The Hall–Kier alpha value is -0.990. The van der Waals surface area contributed by atoms with Gasteiger partial charge in [-0.15, -0.1) is 0 Å². The minimum absolute atomic E-state index is 0.0376. The maximum Gasteiger partial charge on any atom is 0.472 e. The molecule has 2 atom stereocenters. The summed E-state index contributed by atoms with van der Waals surface area (Å²) < 4.78 is 34.7. The molecule has 0 aromatic carbocycles. The van der Waals surface area contributed by atoms with Crippen molar-refractivity contribution < 1.29 is 42.1 Å². The van der Waals surface area contributed by atoms with Crippen LogP contribution in [0.1, 0.15) is 367 Å². The molecule has 0 saturated carbocycles. The van der Waals surface area contributed by atoms with Gasteiger partial charge in [0.05, 0.1) is 27.7 Å². The van der Waals surface area contributed by atoms with E-state index in [4.69, 9.17) is 18.5 Å². The molecule has 0 aromatic heterocycles. The van der Waals surface area contributed by atoms with Crippen LogP contribution in [0.4, 0.5) is 0 Å². The highest BCUT2D eigenvalue weighted by Crippen LogP contribution is 2.43. The quantitative estimate of drug-likeness (QED) is 0.0278. The van der Waals surface area contributed by atoms with Crippen molar-refractivity contribution in [1.82, 2.24) is 0 Å². The van der Waals surface area contributed by atoms with E-state index in [-0.39, 0.29) is 25.6 Å². The summed E-state index contributed by atoms with van der Waals surface area (Å²) in [7, 11) is 1.51. The minimum atomic E-state index is -4.38. The number of unbranched alkanes of at least 4 members (excludes halogenated alkanes) is 51. The third kappa shape index (κ3) is 64.1.